The molecule has 0 bridgehead atoms. The van der Waals surface area contributed by atoms with Crippen molar-refractivity contribution in [2.24, 2.45) is 0 Å². The van der Waals surface area contributed by atoms with Crippen LogP contribution in [0.4, 0.5) is 0 Å². The van der Waals surface area contributed by atoms with Gasteiger partial charge in [-0.05, 0) is 0 Å². The van der Waals surface area contributed by atoms with Gasteiger partial charge < -0.3 is 14.8 Å². The molecule has 0 amide bonds. The molecule has 2 aliphatic heterocycles. The highest BCUT2D eigenvalue weighted by Gasteiger charge is 2.22. The Bertz CT molecular complexity index is 152. The standard InChI is InChI=1S/C6H10N2O2/c1-2-9-6(8-1)5-3-7-4-10-5/h3,6-8H,1-2,4H2. The summed E-state index contributed by atoms with van der Waals surface area (Å²) < 4.78 is 10.5. The summed E-state index contributed by atoms with van der Waals surface area (Å²) in [7, 11) is 0. The van der Waals surface area contributed by atoms with Gasteiger partial charge in [0.1, 0.15) is 0 Å². The SMILES string of the molecule is C1=C(C2NCCO2)OCN1. The molecule has 56 valence electrons. The first-order valence-corrected chi connectivity index (χ1v) is 3.38. The molecule has 2 aliphatic rings. The van der Waals surface area contributed by atoms with Gasteiger partial charge in [0.2, 0.25) is 0 Å². The van der Waals surface area contributed by atoms with Crippen LogP contribution in [0.25, 0.3) is 0 Å². The van der Waals surface area contributed by atoms with Crippen LogP contribution in [0.2, 0.25) is 0 Å². The largest absolute Gasteiger partial charge is 0.472 e. The van der Waals surface area contributed by atoms with E-state index in [0.29, 0.717) is 6.73 Å². The second kappa shape index (κ2) is 2.48. The molecular formula is C6H10N2O2. The normalized spacial score (nSPS) is 31.2. The Kier molecular flexibility index (Phi) is 1.49. The monoisotopic (exact) mass is 142 g/mol. The lowest BCUT2D eigenvalue weighted by molar-refractivity contribution is 0.0718. The Balaban J connectivity index is 1.97. The van der Waals surface area contributed by atoms with E-state index < -0.39 is 0 Å². The number of rotatable bonds is 1. The van der Waals surface area contributed by atoms with Gasteiger partial charge in [-0.2, -0.15) is 0 Å². The van der Waals surface area contributed by atoms with Crippen molar-refractivity contribution in [1.82, 2.24) is 10.6 Å². The molecule has 4 heteroatoms. The third-order valence-electron chi connectivity index (χ3n) is 1.54. The summed E-state index contributed by atoms with van der Waals surface area (Å²) in [5.74, 6) is 0.859. The zero-order valence-corrected chi connectivity index (χ0v) is 5.59. The van der Waals surface area contributed by atoms with Gasteiger partial charge in [0.05, 0.1) is 6.61 Å². The van der Waals surface area contributed by atoms with Gasteiger partial charge in [0.25, 0.3) is 0 Å². The van der Waals surface area contributed by atoms with Crippen molar-refractivity contribution in [3.63, 3.8) is 0 Å². The molecule has 0 saturated carbocycles. The van der Waals surface area contributed by atoms with E-state index in [0.717, 1.165) is 18.9 Å². The van der Waals surface area contributed by atoms with E-state index in [1.54, 1.807) is 0 Å². The predicted octanol–water partition coefficient (Wildman–Crippen LogP) is -0.649. The number of ether oxygens (including phenoxy) is 2. The third-order valence-corrected chi connectivity index (χ3v) is 1.54. The van der Waals surface area contributed by atoms with E-state index in [1.165, 1.54) is 0 Å². The minimum absolute atomic E-state index is 0.0185. The average Bonchev–Trinajstić information content (AvgIpc) is 2.59. The molecule has 1 saturated heterocycles. The lowest BCUT2D eigenvalue weighted by Gasteiger charge is -2.08. The van der Waals surface area contributed by atoms with Crippen molar-refractivity contribution < 1.29 is 9.47 Å². The van der Waals surface area contributed by atoms with Crippen molar-refractivity contribution in [1.29, 1.82) is 0 Å². The van der Waals surface area contributed by atoms with E-state index >= 15 is 0 Å². The molecule has 4 nitrogen and oxygen atoms in total. The molecule has 2 rings (SSSR count). The Hall–Kier alpha value is -0.740. The molecule has 1 fully saturated rings. The van der Waals surface area contributed by atoms with E-state index in [9.17, 15) is 0 Å². The molecule has 0 aromatic heterocycles. The van der Waals surface area contributed by atoms with Crippen LogP contribution in [0.3, 0.4) is 0 Å². The van der Waals surface area contributed by atoms with E-state index in [2.05, 4.69) is 10.6 Å². The van der Waals surface area contributed by atoms with Crippen LogP contribution in [0, 0.1) is 0 Å². The molecule has 0 aromatic carbocycles. The van der Waals surface area contributed by atoms with Crippen molar-refractivity contribution >= 4 is 0 Å². The van der Waals surface area contributed by atoms with Crippen molar-refractivity contribution in [2.45, 2.75) is 6.23 Å². The average molecular weight is 142 g/mol. The molecule has 1 atom stereocenters. The van der Waals surface area contributed by atoms with E-state index in [4.69, 9.17) is 9.47 Å². The first-order valence-electron chi connectivity index (χ1n) is 3.38. The predicted molar refractivity (Wildman–Crippen MR) is 34.9 cm³/mol. The van der Waals surface area contributed by atoms with Gasteiger partial charge in [-0.25, -0.2) is 0 Å². The third kappa shape index (κ3) is 0.955. The van der Waals surface area contributed by atoms with Gasteiger partial charge in [-0.1, -0.05) is 0 Å². The number of nitrogens with one attached hydrogen (secondary N) is 2. The molecular weight excluding hydrogens is 132 g/mol. The fourth-order valence-corrected chi connectivity index (χ4v) is 1.07. The summed E-state index contributed by atoms with van der Waals surface area (Å²) in [4.78, 5) is 0. The Morgan fingerprint density at radius 2 is 2.60 bits per heavy atom. The number of hydrogen-bond acceptors (Lipinski definition) is 4. The van der Waals surface area contributed by atoms with Crippen LogP contribution < -0.4 is 10.6 Å². The van der Waals surface area contributed by atoms with Crippen LogP contribution in [-0.4, -0.2) is 26.1 Å². The summed E-state index contributed by atoms with van der Waals surface area (Å²) >= 11 is 0. The summed E-state index contributed by atoms with van der Waals surface area (Å²) in [6, 6.07) is 0. The fraction of sp³-hybridized carbons (Fsp3) is 0.667. The highest BCUT2D eigenvalue weighted by Crippen LogP contribution is 2.11. The molecule has 2 N–H and O–H groups in total. The van der Waals surface area contributed by atoms with Gasteiger partial charge in [-0.3, -0.25) is 5.32 Å². The van der Waals surface area contributed by atoms with E-state index in [-0.39, 0.29) is 6.23 Å². The summed E-state index contributed by atoms with van der Waals surface area (Å²) in [5, 5.41) is 6.09. The molecule has 10 heavy (non-hydrogen) atoms. The van der Waals surface area contributed by atoms with E-state index in [1.807, 2.05) is 6.20 Å². The first-order chi connectivity index (χ1) is 4.97. The summed E-state index contributed by atoms with van der Waals surface area (Å²) in [6.07, 6.45) is 1.82. The highest BCUT2D eigenvalue weighted by molar-refractivity contribution is 5.02. The summed E-state index contributed by atoms with van der Waals surface area (Å²) in [5.41, 5.74) is 0. The maximum absolute atomic E-state index is 5.29. The molecule has 0 aromatic rings. The molecule has 0 radical (unpaired) electrons. The quantitative estimate of drug-likeness (QED) is 0.510. The second-order valence-corrected chi connectivity index (χ2v) is 2.24. The Morgan fingerprint density at radius 1 is 1.60 bits per heavy atom. The van der Waals surface area contributed by atoms with Crippen LogP contribution in [0.15, 0.2) is 12.0 Å². The first kappa shape index (κ1) is 6.00. The van der Waals surface area contributed by atoms with Crippen molar-refractivity contribution in [2.75, 3.05) is 19.9 Å². The summed E-state index contributed by atoms with van der Waals surface area (Å²) in [6.45, 7) is 2.24. The van der Waals surface area contributed by atoms with Crippen LogP contribution in [0.5, 0.6) is 0 Å². The number of hydrogen-bond donors (Lipinski definition) is 2. The zero-order valence-electron chi connectivity index (χ0n) is 5.59. The van der Waals surface area contributed by atoms with Gasteiger partial charge >= 0.3 is 0 Å². The lowest BCUT2D eigenvalue weighted by atomic mass is 10.5. The van der Waals surface area contributed by atoms with Crippen molar-refractivity contribution in [3.8, 4) is 0 Å². The minimum atomic E-state index is -0.0185. The zero-order chi connectivity index (χ0) is 6.81. The highest BCUT2D eigenvalue weighted by atomic mass is 16.6. The maximum Gasteiger partial charge on any atom is 0.168 e. The molecule has 2 heterocycles. The molecule has 0 spiro atoms. The molecule has 1 unspecified atom stereocenters. The Morgan fingerprint density at radius 3 is 3.20 bits per heavy atom. The van der Waals surface area contributed by atoms with Crippen molar-refractivity contribution in [3.05, 3.63) is 12.0 Å². The van der Waals surface area contributed by atoms with Crippen LogP contribution in [0.1, 0.15) is 0 Å². The lowest BCUT2D eigenvalue weighted by Crippen LogP contribution is -2.24. The Labute approximate surface area is 59.2 Å². The minimum Gasteiger partial charge on any atom is -0.472 e. The van der Waals surface area contributed by atoms with Gasteiger partial charge in [-0.15, -0.1) is 0 Å². The fourth-order valence-electron chi connectivity index (χ4n) is 1.07. The smallest absolute Gasteiger partial charge is 0.168 e. The second-order valence-electron chi connectivity index (χ2n) is 2.24. The van der Waals surface area contributed by atoms with Gasteiger partial charge in [0, 0.05) is 12.7 Å². The van der Waals surface area contributed by atoms with Gasteiger partial charge in [0.15, 0.2) is 18.7 Å². The maximum atomic E-state index is 5.29. The van der Waals surface area contributed by atoms with Crippen LogP contribution in [-0.2, 0) is 9.47 Å². The molecule has 0 aliphatic carbocycles. The topological polar surface area (TPSA) is 42.5 Å². The van der Waals surface area contributed by atoms with Crippen LogP contribution >= 0.6 is 0 Å².